The van der Waals surface area contributed by atoms with Crippen LogP contribution in [0.1, 0.15) is 12.5 Å². The second-order valence-electron chi connectivity index (χ2n) is 4.34. The van der Waals surface area contributed by atoms with E-state index in [1.807, 2.05) is 0 Å². The van der Waals surface area contributed by atoms with Gasteiger partial charge in [-0.3, -0.25) is 14.4 Å². The van der Waals surface area contributed by atoms with Crippen LogP contribution in [0.5, 0.6) is 0 Å². The van der Waals surface area contributed by atoms with E-state index in [-0.39, 0.29) is 6.54 Å². The van der Waals surface area contributed by atoms with Gasteiger partial charge in [-0.25, -0.2) is 0 Å². The first-order valence-corrected chi connectivity index (χ1v) is 6.58. The molecule has 2 rings (SSSR count). The molecule has 0 aliphatic heterocycles. The molecule has 106 valence electrons. The summed E-state index contributed by atoms with van der Waals surface area (Å²) in [5, 5.41) is 11.6. The van der Waals surface area contributed by atoms with E-state index in [9.17, 15) is 14.4 Å². The number of carbonyl (C=O) groups is 1. The van der Waals surface area contributed by atoms with Gasteiger partial charge in [0.1, 0.15) is 6.04 Å². The lowest BCUT2D eigenvalue weighted by Crippen LogP contribution is -2.33. The third-order valence-electron chi connectivity index (χ3n) is 2.85. The van der Waals surface area contributed by atoms with Crippen LogP contribution in [0, 0.1) is 0 Å². The maximum Gasteiger partial charge on any atom is 0.320 e. The van der Waals surface area contributed by atoms with Gasteiger partial charge in [0.15, 0.2) is 0 Å². The van der Waals surface area contributed by atoms with Crippen LogP contribution >= 0.6 is 15.9 Å². The van der Waals surface area contributed by atoms with E-state index in [2.05, 4.69) is 31.2 Å². The first kappa shape index (κ1) is 14.5. The van der Waals surface area contributed by atoms with Gasteiger partial charge in [0.25, 0.3) is 0 Å². The number of aliphatic carboxylic acids is 1. The first-order chi connectivity index (χ1) is 9.38. The minimum atomic E-state index is -0.966. The Bertz CT molecular complexity index is 780. The lowest BCUT2D eigenvalue weighted by Gasteiger charge is -2.11. The highest BCUT2D eigenvalue weighted by molar-refractivity contribution is 9.10. The summed E-state index contributed by atoms with van der Waals surface area (Å²) in [6.07, 6.45) is 0. The fraction of sp³-hybridized carbons (Fsp3) is 0.250. The molecule has 0 amide bonds. The Kier molecular flexibility index (Phi) is 4.05. The number of nitrogens with one attached hydrogen (secondary N) is 3. The van der Waals surface area contributed by atoms with Crippen molar-refractivity contribution < 1.29 is 9.90 Å². The lowest BCUT2D eigenvalue weighted by molar-refractivity contribution is -0.139. The summed E-state index contributed by atoms with van der Waals surface area (Å²) in [6.45, 7) is 1.76. The van der Waals surface area contributed by atoms with Gasteiger partial charge in [0.2, 0.25) is 0 Å². The molecule has 0 saturated heterocycles. The largest absolute Gasteiger partial charge is 0.480 e. The van der Waals surface area contributed by atoms with Crippen LogP contribution in [-0.2, 0) is 11.3 Å². The highest BCUT2D eigenvalue weighted by Gasteiger charge is 2.12. The topological polar surface area (TPSA) is 115 Å². The van der Waals surface area contributed by atoms with Crippen LogP contribution in [0.15, 0.2) is 26.2 Å². The number of H-pyrrole nitrogens is 2. The van der Waals surface area contributed by atoms with Crippen molar-refractivity contribution in [2.75, 3.05) is 0 Å². The van der Waals surface area contributed by atoms with Gasteiger partial charge in [-0.05, 0) is 24.6 Å². The average Bonchev–Trinajstić information content (AvgIpc) is 2.37. The molecule has 0 spiro atoms. The molecule has 0 aliphatic carbocycles. The summed E-state index contributed by atoms with van der Waals surface area (Å²) in [5.74, 6) is -0.966. The van der Waals surface area contributed by atoms with Crippen LogP contribution in [0.25, 0.3) is 11.0 Å². The zero-order valence-electron chi connectivity index (χ0n) is 10.5. The quantitative estimate of drug-likeness (QED) is 0.606. The Labute approximate surface area is 121 Å². The van der Waals surface area contributed by atoms with E-state index >= 15 is 0 Å². The van der Waals surface area contributed by atoms with Crippen molar-refractivity contribution in [3.63, 3.8) is 0 Å². The second-order valence-corrected chi connectivity index (χ2v) is 5.25. The Hall–Kier alpha value is -1.93. The van der Waals surface area contributed by atoms with Crippen LogP contribution in [-0.4, -0.2) is 27.1 Å². The molecule has 0 bridgehead atoms. The van der Waals surface area contributed by atoms with E-state index in [1.54, 1.807) is 12.1 Å². The number of hydrogen-bond acceptors (Lipinski definition) is 4. The second kappa shape index (κ2) is 5.59. The molecule has 8 heteroatoms. The van der Waals surface area contributed by atoms with Gasteiger partial charge in [0.05, 0.1) is 11.0 Å². The molecule has 0 fully saturated rings. The Morgan fingerprint density at radius 2 is 2.00 bits per heavy atom. The number of fused-ring (bicyclic) bond motifs is 1. The summed E-state index contributed by atoms with van der Waals surface area (Å²) in [7, 11) is 0. The summed E-state index contributed by atoms with van der Waals surface area (Å²) in [4.78, 5) is 38.4. The standard InChI is InChI=1S/C12H12BrN3O4/c1-5(12(19)20)14-4-6-2-7(13)3-8-9(6)16-11(18)10(17)15-8/h2-3,5,14H,4H2,1H3,(H,15,17)(H,16,18)(H,19,20)/t5-/m0/s1. The predicted molar refractivity (Wildman–Crippen MR) is 76.8 cm³/mol. The third kappa shape index (κ3) is 2.97. The molecule has 1 aromatic carbocycles. The number of carboxylic acids is 1. The average molecular weight is 342 g/mol. The van der Waals surface area contributed by atoms with Crippen molar-refractivity contribution in [1.82, 2.24) is 15.3 Å². The molecule has 0 aliphatic rings. The van der Waals surface area contributed by atoms with Gasteiger partial charge in [-0.2, -0.15) is 0 Å². The van der Waals surface area contributed by atoms with Gasteiger partial charge in [-0.1, -0.05) is 15.9 Å². The van der Waals surface area contributed by atoms with Crippen molar-refractivity contribution in [2.24, 2.45) is 0 Å². The van der Waals surface area contributed by atoms with Crippen molar-refractivity contribution in [1.29, 1.82) is 0 Å². The van der Waals surface area contributed by atoms with Crippen molar-refractivity contribution in [2.45, 2.75) is 19.5 Å². The monoisotopic (exact) mass is 341 g/mol. The molecule has 1 aromatic heterocycles. The number of benzene rings is 1. The molecule has 4 N–H and O–H groups in total. The van der Waals surface area contributed by atoms with Crippen molar-refractivity contribution in [3.05, 3.63) is 42.9 Å². The maximum absolute atomic E-state index is 11.4. The number of halogens is 1. The molecule has 0 radical (unpaired) electrons. The molecular weight excluding hydrogens is 330 g/mol. The van der Waals surface area contributed by atoms with E-state index < -0.39 is 23.1 Å². The number of rotatable bonds is 4. The van der Waals surface area contributed by atoms with Gasteiger partial charge < -0.3 is 20.4 Å². The molecular formula is C12H12BrN3O4. The third-order valence-corrected chi connectivity index (χ3v) is 3.30. The van der Waals surface area contributed by atoms with Crippen LogP contribution in [0.4, 0.5) is 0 Å². The zero-order chi connectivity index (χ0) is 14.9. The molecule has 0 saturated carbocycles. The van der Waals surface area contributed by atoms with Crippen molar-refractivity contribution >= 4 is 32.9 Å². The van der Waals surface area contributed by atoms with E-state index in [1.165, 1.54) is 6.92 Å². The predicted octanol–water partition coefficient (Wildman–Crippen LogP) is 0.542. The Morgan fingerprint density at radius 1 is 1.35 bits per heavy atom. The fourth-order valence-electron chi connectivity index (χ4n) is 1.75. The molecule has 2 aromatic rings. The highest BCUT2D eigenvalue weighted by Crippen LogP contribution is 2.20. The van der Waals surface area contributed by atoms with Crippen molar-refractivity contribution in [3.8, 4) is 0 Å². The molecule has 0 unspecified atom stereocenters. The van der Waals surface area contributed by atoms with Crippen LogP contribution in [0.2, 0.25) is 0 Å². The fourth-order valence-corrected chi connectivity index (χ4v) is 2.25. The zero-order valence-corrected chi connectivity index (χ0v) is 12.1. The number of aromatic amines is 2. The first-order valence-electron chi connectivity index (χ1n) is 5.79. The van der Waals surface area contributed by atoms with Crippen LogP contribution < -0.4 is 16.4 Å². The smallest absolute Gasteiger partial charge is 0.320 e. The lowest BCUT2D eigenvalue weighted by atomic mass is 10.1. The van der Waals surface area contributed by atoms with Gasteiger partial charge in [-0.15, -0.1) is 0 Å². The van der Waals surface area contributed by atoms with Gasteiger partial charge in [0, 0.05) is 11.0 Å². The number of aromatic nitrogens is 2. The normalized spacial score (nSPS) is 12.5. The molecule has 7 nitrogen and oxygen atoms in total. The van der Waals surface area contributed by atoms with E-state index in [0.29, 0.717) is 21.1 Å². The van der Waals surface area contributed by atoms with Crippen LogP contribution in [0.3, 0.4) is 0 Å². The Balaban J connectivity index is 2.47. The summed E-state index contributed by atoms with van der Waals surface area (Å²) in [6, 6.07) is 2.69. The molecule has 1 heterocycles. The Morgan fingerprint density at radius 3 is 2.65 bits per heavy atom. The SMILES string of the molecule is C[C@H](NCc1cc(Br)cc2[nH]c(=O)c(=O)[nH]c12)C(=O)O. The molecule has 1 atom stereocenters. The highest BCUT2D eigenvalue weighted by atomic mass is 79.9. The molecule has 20 heavy (non-hydrogen) atoms. The van der Waals surface area contributed by atoms with Gasteiger partial charge >= 0.3 is 17.1 Å². The van der Waals surface area contributed by atoms with E-state index in [0.717, 1.165) is 0 Å². The minimum Gasteiger partial charge on any atom is -0.480 e. The minimum absolute atomic E-state index is 0.241. The number of carboxylic acid groups (broad SMARTS) is 1. The summed E-state index contributed by atoms with van der Waals surface area (Å²) < 4.78 is 0.715. The van der Waals surface area contributed by atoms with E-state index in [4.69, 9.17) is 5.11 Å². The maximum atomic E-state index is 11.4. The summed E-state index contributed by atoms with van der Waals surface area (Å²) >= 11 is 3.30. The summed E-state index contributed by atoms with van der Waals surface area (Å²) in [5.41, 5.74) is 0.156. The number of hydrogen-bond donors (Lipinski definition) is 4.